The maximum atomic E-state index is 12.5. The molecule has 1 aliphatic heterocycles. The van der Waals surface area contributed by atoms with Gasteiger partial charge < -0.3 is 19.7 Å². The largest absolute Gasteiger partial charge is 0.472 e. The van der Waals surface area contributed by atoms with Crippen molar-refractivity contribution in [2.24, 2.45) is 11.8 Å². The Kier molecular flexibility index (Phi) is 5.56. The van der Waals surface area contributed by atoms with Gasteiger partial charge in [-0.15, -0.1) is 0 Å². The summed E-state index contributed by atoms with van der Waals surface area (Å²) >= 11 is 0. The Balaban J connectivity index is 1.49. The van der Waals surface area contributed by atoms with E-state index in [1.807, 2.05) is 0 Å². The van der Waals surface area contributed by atoms with Crippen LogP contribution in [0.25, 0.3) is 0 Å². The molecule has 6 heteroatoms. The molecule has 1 aliphatic carbocycles. The minimum Gasteiger partial charge on any atom is -0.472 e. The molecule has 2 N–H and O–H groups in total. The smallest absolute Gasteiger partial charge is 0.257 e. The molecule has 2 aliphatic rings. The van der Waals surface area contributed by atoms with Gasteiger partial charge in [0.25, 0.3) is 5.91 Å². The van der Waals surface area contributed by atoms with Crippen LogP contribution in [0.3, 0.4) is 0 Å². The molecule has 2 fully saturated rings. The Morgan fingerprint density at radius 3 is 2.62 bits per heavy atom. The van der Waals surface area contributed by atoms with Crippen molar-refractivity contribution in [3.8, 4) is 0 Å². The third kappa shape index (κ3) is 3.80. The van der Waals surface area contributed by atoms with Crippen molar-refractivity contribution in [1.82, 2.24) is 10.2 Å². The third-order valence-electron chi connectivity index (χ3n) is 5.39. The molecular formula is C18H26N2O4. The zero-order chi connectivity index (χ0) is 16.9. The second kappa shape index (κ2) is 7.83. The van der Waals surface area contributed by atoms with Gasteiger partial charge in [0, 0.05) is 37.6 Å². The highest BCUT2D eigenvalue weighted by Crippen LogP contribution is 2.25. The molecule has 2 amide bonds. The average Bonchev–Trinajstić information content (AvgIpc) is 3.16. The summed E-state index contributed by atoms with van der Waals surface area (Å²) < 4.78 is 4.96. The fourth-order valence-corrected chi connectivity index (χ4v) is 3.83. The molecular weight excluding hydrogens is 308 g/mol. The van der Waals surface area contributed by atoms with E-state index in [-0.39, 0.29) is 36.3 Å². The first-order chi connectivity index (χ1) is 11.7. The van der Waals surface area contributed by atoms with Gasteiger partial charge in [-0.05, 0) is 31.7 Å². The molecule has 0 aromatic carbocycles. The summed E-state index contributed by atoms with van der Waals surface area (Å²) in [7, 11) is 0. The van der Waals surface area contributed by atoms with E-state index in [4.69, 9.17) is 4.42 Å². The van der Waals surface area contributed by atoms with Crippen LogP contribution in [0.4, 0.5) is 0 Å². The molecule has 1 aromatic rings. The van der Waals surface area contributed by atoms with Gasteiger partial charge in [-0.2, -0.15) is 0 Å². The van der Waals surface area contributed by atoms with Crippen LogP contribution in [-0.4, -0.2) is 47.6 Å². The van der Waals surface area contributed by atoms with Gasteiger partial charge in [-0.3, -0.25) is 9.59 Å². The number of hydrogen-bond acceptors (Lipinski definition) is 4. The first-order valence-electron chi connectivity index (χ1n) is 8.91. The van der Waals surface area contributed by atoms with Crippen LogP contribution in [0.15, 0.2) is 23.0 Å². The highest BCUT2D eigenvalue weighted by atomic mass is 16.3. The first kappa shape index (κ1) is 17.0. The molecule has 1 aromatic heterocycles. The molecule has 0 radical (unpaired) electrons. The highest BCUT2D eigenvalue weighted by molar-refractivity contribution is 5.94. The normalized spacial score (nSPS) is 25.5. The molecule has 2 heterocycles. The number of carbonyl (C=O) groups is 2. The van der Waals surface area contributed by atoms with Gasteiger partial charge in [0.2, 0.25) is 5.91 Å². The quantitative estimate of drug-likeness (QED) is 0.879. The lowest BCUT2D eigenvalue weighted by molar-refractivity contribution is -0.127. The number of likely N-dealkylation sites (tertiary alicyclic amines) is 1. The van der Waals surface area contributed by atoms with E-state index in [1.165, 1.54) is 12.5 Å². The standard InChI is InChI=1S/C18H26N2O4/c21-11-14-3-1-2-4-16(14)19-17(22)13-5-8-20(9-6-13)18(23)15-7-10-24-12-15/h7,10,12-14,16,21H,1-6,8-9,11H2,(H,19,22). The van der Waals surface area contributed by atoms with Crippen molar-refractivity contribution in [3.05, 3.63) is 24.2 Å². The number of rotatable bonds is 4. The molecule has 0 spiro atoms. The molecule has 6 nitrogen and oxygen atoms in total. The van der Waals surface area contributed by atoms with E-state index in [2.05, 4.69) is 5.32 Å². The number of amides is 2. The molecule has 24 heavy (non-hydrogen) atoms. The third-order valence-corrected chi connectivity index (χ3v) is 5.39. The van der Waals surface area contributed by atoms with Gasteiger partial charge in [-0.25, -0.2) is 0 Å². The van der Waals surface area contributed by atoms with Crippen molar-refractivity contribution in [3.63, 3.8) is 0 Å². The van der Waals surface area contributed by atoms with Crippen molar-refractivity contribution >= 4 is 11.8 Å². The topological polar surface area (TPSA) is 82.8 Å². The number of aliphatic hydroxyl groups is 1. The monoisotopic (exact) mass is 334 g/mol. The minimum atomic E-state index is -0.0420. The Morgan fingerprint density at radius 2 is 1.96 bits per heavy atom. The molecule has 132 valence electrons. The number of nitrogens with zero attached hydrogens (tertiary/aromatic N) is 1. The lowest BCUT2D eigenvalue weighted by Crippen LogP contribution is -2.48. The number of furan rings is 1. The maximum absolute atomic E-state index is 12.5. The van der Waals surface area contributed by atoms with E-state index in [0.717, 1.165) is 25.7 Å². The molecule has 3 rings (SSSR count). The lowest BCUT2D eigenvalue weighted by Gasteiger charge is -2.35. The van der Waals surface area contributed by atoms with Gasteiger partial charge in [0.05, 0.1) is 11.8 Å². The second-order valence-corrected chi connectivity index (χ2v) is 6.92. The Labute approximate surface area is 142 Å². The van der Waals surface area contributed by atoms with Crippen LogP contribution in [0.2, 0.25) is 0 Å². The minimum absolute atomic E-state index is 0.0322. The Morgan fingerprint density at radius 1 is 1.21 bits per heavy atom. The molecule has 0 bridgehead atoms. The number of nitrogens with one attached hydrogen (secondary N) is 1. The SMILES string of the molecule is O=C(NC1CCCCC1CO)C1CCN(C(=O)c2ccoc2)CC1. The first-order valence-corrected chi connectivity index (χ1v) is 8.91. The molecule has 2 atom stereocenters. The summed E-state index contributed by atoms with van der Waals surface area (Å²) in [6, 6.07) is 1.76. The Hall–Kier alpha value is -1.82. The van der Waals surface area contributed by atoms with Crippen molar-refractivity contribution in [2.45, 2.75) is 44.6 Å². The van der Waals surface area contributed by atoms with E-state index in [0.29, 0.717) is 31.5 Å². The van der Waals surface area contributed by atoms with Crippen molar-refractivity contribution in [2.75, 3.05) is 19.7 Å². The highest BCUT2D eigenvalue weighted by Gasteiger charge is 2.31. The van der Waals surface area contributed by atoms with Crippen LogP contribution >= 0.6 is 0 Å². The summed E-state index contributed by atoms with van der Waals surface area (Å²) in [6.45, 7) is 1.33. The lowest BCUT2D eigenvalue weighted by atomic mass is 9.84. The zero-order valence-electron chi connectivity index (χ0n) is 13.9. The predicted octanol–water partition coefficient (Wildman–Crippen LogP) is 1.80. The second-order valence-electron chi connectivity index (χ2n) is 6.92. The number of hydrogen-bond donors (Lipinski definition) is 2. The van der Waals surface area contributed by atoms with Gasteiger partial charge in [0.15, 0.2) is 0 Å². The van der Waals surface area contributed by atoms with Gasteiger partial charge in [0.1, 0.15) is 6.26 Å². The summed E-state index contributed by atoms with van der Waals surface area (Å²) in [5.74, 6) is 0.191. The summed E-state index contributed by atoms with van der Waals surface area (Å²) in [5.41, 5.74) is 0.561. The summed E-state index contributed by atoms with van der Waals surface area (Å²) in [6.07, 6.45) is 8.51. The molecule has 1 saturated carbocycles. The number of carbonyl (C=O) groups excluding carboxylic acids is 2. The number of piperidine rings is 1. The Bertz CT molecular complexity index is 549. The van der Waals surface area contributed by atoms with Crippen LogP contribution in [0.1, 0.15) is 48.9 Å². The van der Waals surface area contributed by atoms with Crippen LogP contribution in [-0.2, 0) is 4.79 Å². The summed E-state index contributed by atoms with van der Waals surface area (Å²) in [5, 5.41) is 12.6. The van der Waals surface area contributed by atoms with Crippen LogP contribution < -0.4 is 5.32 Å². The van der Waals surface area contributed by atoms with Gasteiger partial charge >= 0.3 is 0 Å². The summed E-state index contributed by atoms with van der Waals surface area (Å²) in [4.78, 5) is 26.6. The number of aliphatic hydroxyl groups excluding tert-OH is 1. The van der Waals surface area contributed by atoms with E-state index in [9.17, 15) is 14.7 Å². The van der Waals surface area contributed by atoms with E-state index in [1.54, 1.807) is 11.0 Å². The molecule has 2 unspecified atom stereocenters. The fourth-order valence-electron chi connectivity index (χ4n) is 3.83. The predicted molar refractivity (Wildman–Crippen MR) is 88.3 cm³/mol. The fraction of sp³-hybridized carbons (Fsp3) is 0.667. The molecule has 1 saturated heterocycles. The van der Waals surface area contributed by atoms with Crippen LogP contribution in [0.5, 0.6) is 0 Å². The van der Waals surface area contributed by atoms with Gasteiger partial charge in [-0.1, -0.05) is 12.8 Å². The van der Waals surface area contributed by atoms with Crippen LogP contribution in [0, 0.1) is 11.8 Å². The van der Waals surface area contributed by atoms with E-state index < -0.39 is 0 Å². The zero-order valence-corrected chi connectivity index (χ0v) is 13.9. The van der Waals surface area contributed by atoms with Crippen molar-refractivity contribution in [1.29, 1.82) is 0 Å². The maximum Gasteiger partial charge on any atom is 0.257 e. The average molecular weight is 334 g/mol. The van der Waals surface area contributed by atoms with E-state index >= 15 is 0 Å². The van der Waals surface area contributed by atoms with Crippen molar-refractivity contribution < 1.29 is 19.1 Å².